The van der Waals surface area contributed by atoms with Gasteiger partial charge in [0.15, 0.2) is 4.34 Å². The van der Waals surface area contributed by atoms with Crippen molar-refractivity contribution in [3.63, 3.8) is 0 Å². The summed E-state index contributed by atoms with van der Waals surface area (Å²) in [6.45, 7) is 4.52. The lowest BCUT2D eigenvalue weighted by atomic mass is 10.2. The van der Waals surface area contributed by atoms with Crippen molar-refractivity contribution in [2.75, 3.05) is 48.8 Å². The van der Waals surface area contributed by atoms with Crippen LogP contribution >= 0.6 is 23.1 Å². The molecule has 3 rings (SSSR count). The Balaban J connectivity index is 1.40. The van der Waals surface area contributed by atoms with Gasteiger partial charge in [-0.3, -0.25) is 14.4 Å². The Morgan fingerprint density at radius 2 is 1.84 bits per heavy atom. The molecule has 2 amide bonds. The number of thioether (sulfide) groups is 1. The highest BCUT2D eigenvalue weighted by Crippen LogP contribution is 2.28. The molecule has 1 aliphatic heterocycles. The molecule has 31 heavy (non-hydrogen) atoms. The van der Waals surface area contributed by atoms with Gasteiger partial charge in [-0.25, -0.2) is 0 Å². The predicted molar refractivity (Wildman–Crippen MR) is 120 cm³/mol. The van der Waals surface area contributed by atoms with Crippen LogP contribution in [-0.4, -0.2) is 71.4 Å². The second kappa shape index (κ2) is 11.7. The Morgan fingerprint density at radius 1 is 1.10 bits per heavy atom. The number of amides is 2. The van der Waals surface area contributed by atoms with Crippen LogP contribution in [0.15, 0.2) is 34.7 Å². The molecule has 0 unspecified atom stereocenters. The number of aromatic nitrogens is 2. The average Bonchev–Trinajstić information content (AvgIpc) is 3.26. The van der Waals surface area contributed by atoms with Crippen molar-refractivity contribution in [1.29, 1.82) is 0 Å². The average molecular weight is 464 g/mol. The normalized spacial score (nSPS) is 13.7. The molecule has 1 saturated heterocycles. The van der Waals surface area contributed by atoms with Crippen molar-refractivity contribution in [2.45, 2.75) is 24.1 Å². The Labute approximate surface area is 189 Å². The van der Waals surface area contributed by atoms with Crippen molar-refractivity contribution < 1.29 is 19.1 Å². The van der Waals surface area contributed by atoms with Crippen molar-refractivity contribution in [3.05, 3.63) is 30.3 Å². The summed E-state index contributed by atoms with van der Waals surface area (Å²) in [7, 11) is 0. The molecule has 0 atom stereocenters. The van der Waals surface area contributed by atoms with E-state index in [4.69, 9.17) is 4.74 Å². The standard InChI is InChI=1S/C20H25N5O4S2/c1-2-29-18(28)9-8-17(27)24-10-12-25(13-11-24)19-22-23-20(31-19)30-14-16(26)21-15-6-4-3-5-7-15/h3-7H,2,8-14H2,1H3,(H,21,26). The number of carbonyl (C=O) groups excluding carboxylic acids is 3. The van der Waals surface area contributed by atoms with Gasteiger partial charge in [0.1, 0.15) is 0 Å². The molecule has 0 aliphatic carbocycles. The summed E-state index contributed by atoms with van der Waals surface area (Å²) in [6, 6.07) is 9.31. The highest BCUT2D eigenvalue weighted by molar-refractivity contribution is 8.01. The fourth-order valence-corrected chi connectivity index (χ4v) is 4.67. The maximum absolute atomic E-state index is 12.3. The zero-order chi connectivity index (χ0) is 22.1. The van der Waals surface area contributed by atoms with Crippen LogP contribution in [0.2, 0.25) is 0 Å². The minimum Gasteiger partial charge on any atom is -0.466 e. The van der Waals surface area contributed by atoms with Crippen molar-refractivity contribution in [2.24, 2.45) is 0 Å². The third kappa shape index (κ3) is 7.21. The number of anilines is 2. The van der Waals surface area contributed by atoms with E-state index in [1.807, 2.05) is 30.3 Å². The molecule has 11 heteroatoms. The summed E-state index contributed by atoms with van der Waals surface area (Å²) in [6.07, 6.45) is 0.283. The van der Waals surface area contributed by atoms with Crippen LogP contribution in [0, 0.1) is 0 Å². The maximum atomic E-state index is 12.3. The Hall–Kier alpha value is -2.66. The molecular formula is C20H25N5O4S2. The summed E-state index contributed by atoms with van der Waals surface area (Å²) in [5.74, 6) is -0.217. The van der Waals surface area contributed by atoms with Crippen LogP contribution in [0.25, 0.3) is 0 Å². The van der Waals surface area contributed by atoms with E-state index in [1.54, 1.807) is 11.8 Å². The molecule has 9 nitrogen and oxygen atoms in total. The zero-order valence-corrected chi connectivity index (χ0v) is 18.9. The van der Waals surface area contributed by atoms with Crippen LogP contribution in [0.4, 0.5) is 10.8 Å². The minimum absolute atomic E-state index is 0.0364. The summed E-state index contributed by atoms with van der Waals surface area (Å²) < 4.78 is 5.59. The van der Waals surface area contributed by atoms with Crippen molar-refractivity contribution in [1.82, 2.24) is 15.1 Å². The first kappa shape index (κ1) is 23.0. The van der Waals surface area contributed by atoms with Gasteiger partial charge in [-0.05, 0) is 19.1 Å². The second-order valence-corrected chi connectivity index (χ2v) is 8.90. The van der Waals surface area contributed by atoms with Crippen LogP contribution in [-0.2, 0) is 19.1 Å². The number of carbonyl (C=O) groups is 3. The number of ether oxygens (including phenoxy) is 1. The van der Waals surface area contributed by atoms with E-state index in [1.165, 1.54) is 23.1 Å². The lowest BCUT2D eigenvalue weighted by Gasteiger charge is -2.34. The molecule has 0 spiro atoms. The van der Waals surface area contributed by atoms with Gasteiger partial charge in [-0.2, -0.15) is 0 Å². The number of rotatable bonds is 9. The largest absolute Gasteiger partial charge is 0.466 e. The van der Waals surface area contributed by atoms with E-state index in [2.05, 4.69) is 20.4 Å². The molecule has 1 aromatic carbocycles. The maximum Gasteiger partial charge on any atom is 0.306 e. The molecule has 2 heterocycles. The number of nitrogens with zero attached hydrogens (tertiary/aromatic N) is 4. The molecular weight excluding hydrogens is 438 g/mol. The first-order chi connectivity index (χ1) is 15.0. The zero-order valence-electron chi connectivity index (χ0n) is 17.3. The lowest BCUT2D eigenvalue weighted by Crippen LogP contribution is -2.48. The summed E-state index contributed by atoms with van der Waals surface area (Å²) >= 11 is 2.79. The first-order valence-corrected chi connectivity index (χ1v) is 11.8. The van der Waals surface area contributed by atoms with Gasteiger partial charge in [0.05, 0.1) is 18.8 Å². The Bertz CT molecular complexity index is 885. The van der Waals surface area contributed by atoms with E-state index in [0.717, 1.165) is 15.2 Å². The van der Waals surface area contributed by atoms with E-state index in [0.29, 0.717) is 32.8 Å². The summed E-state index contributed by atoms with van der Waals surface area (Å²) in [4.78, 5) is 39.6. The van der Waals surface area contributed by atoms with E-state index in [9.17, 15) is 14.4 Å². The molecule has 0 bridgehead atoms. The molecule has 166 valence electrons. The van der Waals surface area contributed by atoms with Crippen LogP contribution in [0.3, 0.4) is 0 Å². The number of hydrogen-bond donors (Lipinski definition) is 1. The van der Waals surface area contributed by atoms with E-state index < -0.39 is 0 Å². The number of esters is 1. The Morgan fingerprint density at radius 3 is 2.55 bits per heavy atom. The van der Waals surface area contributed by atoms with Gasteiger partial charge in [-0.15, -0.1) is 10.2 Å². The number of hydrogen-bond acceptors (Lipinski definition) is 9. The molecule has 1 fully saturated rings. The van der Waals surface area contributed by atoms with Gasteiger partial charge >= 0.3 is 5.97 Å². The molecule has 1 aliphatic rings. The van der Waals surface area contributed by atoms with Crippen LogP contribution in [0.1, 0.15) is 19.8 Å². The van der Waals surface area contributed by atoms with Crippen LogP contribution in [0.5, 0.6) is 0 Å². The summed E-state index contributed by atoms with van der Waals surface area (Å²) in [5, 5.41) is 12.0. The molecule has 1 N–H and O–H groups in total. The molecule has 0 radical (unpaired) electrons. The highest BCUT2D eigenvalue weighted by Gasteiger charge is 2.24. The second-order valence-electron chi connectivity index (χ2n) is 6.73. The molecule has 0 saturated carbocycles. The number of para-hydroxylation sites is 1. The lowest BCUT2D eigenvalue weighted by molar-refractivity contribution is -0.145. The number of nitrogens with one attached hydrogen (secondary N) is 1. The fraction of sp³-hybridized carbons (Fsp3) is 0.450. The third-order valence-corrected chi connectivity index (χ3v) is 6.65. The Kier molecular flexibility index (Phi) is 8.65. The van der Waals surface area contributed by atoms with Gasteiger partial charge < -0.3 is 19.9 Å². The SMILES string of the molecule is CCOC(=O)CCC(=O)N1CCN(c2nnc(SCC(=O)Nc3ccccc3)s2)CC1. The smallest absolute Gasteiger partial charge is 0.306 e. The monoisotopic (exact) mass is 463 g/mol. The minimum atomic E-state index is -0.342. The molecule has 1 aromatic heterocycles. The number of piperazine rings is 1. The quantitative estimate of drug-likeness (QED) is 0.446. The topological polar surface area (TPSA) is 105 Å². The van der Waals surface area contributed by atoms with Crippen LogP contribution < -0.4 is 10.2 Å². The third-order valence-electron chi connectivity index (χ3n) is 4.53. The van der Waals surface area contributed by atoms with Gasteiger partial charge in [-0.1, -0.05) is 41.3 Å². The first-order valence-electron chi connectivity index (χ1n) is 10.0. The summed E-state index contributed by atoms with van der Waals surface area (Å²) in [5.41, 5.74) is 0.765. The van der Waals surface area contributed by atoms with Crippen molar-refractivity contribution in [3.8, 4) is 0 Å². The highest BCUT2D eigenvalue weighted by atomic mass is 32.2. The predicted octanol–water partition coefficient (Wildman–Crippen LogP) is 2.26. The fourth-order valence-electron chi connectivity index (χ4n) is 2.98. The van der Waals surface area contributed by atoms with Gasteiger partial charge in [0.2, 0.25) is 16.9 Å². The van der Waals surface area contributed by atoms with E-state index in [-0.39, 0.29) is 36.4 Å². The number of benzene rings is 1. The van der Waals surface area contributed by atoms with Crippen molar-refractivity contribution >= 4 is 51.7 Å². The van der Waals surface area contributed by atoms with E-state index >= 15 is 0 Å². The van der Waals surface area contributed by atoms with Gasteiger partial charge in [0, 0.05) is 38.3 Å². The van der Waals surface area contributed by atoms with Gasteiger partial charge in [0.25, 0.3) is 0 Å². The molecule has 2 aromatic rings.